The van der Waals surface area contributed by atoms with Gasteiger partial charge in [0.05, 0.1) is 26.9 Å². The lowest BCUT2D eigenvalue weighted by atomic mass is 9.94. The van der Waals surface area contributed by atoms with Crippen molar-refractivity contribution in [1.29, 1.82) is 0 Å². The van der Waals surface area contributed by atoms with Crippen LogP contribution in [-0.2, 0) is 24.1 Å². The van der Waals surface area contributed by atoms with Gasteiger partial charge >= 0.3 is 0 Å². The maximum Gasteiger partial charge on any atom is 0.244 e. The molecule has 1 aliphatic carbocycles. The highest BCUT2D eigenvalue weighted by atomic mass is 16.5. The van der Waals surface area contributed by atoms with Gasteiger partial charge in [-0.05, 0) is 49.1 Å². The van der Waals surface area contributed by atoms with E-state index in [1.807, 2.05) is 0 Å². The molecule has 1 aromatic heterocycles. The van der Waals surface area contributed by atoms with Gasteiger partial charge in [0.25, 0.3) is 0 Å². The summed E-state index contributed by atoms with van der Waals surface area (Å²) in [7, 11) is 3.11. The first-order valence-corrected chi connectivity index (χ1v) is 9.89. The van der Waals surface area contributed by atoms with Crippen molar-refractivity contribution in [3.05, 3.63) is 52.8 Å². The molecular formula is C23H24N2O5. The van der Waals surface area contributed by atoms with Gasteiger partial charge in [0.15, 0.2) is 11.5 Å². The number of carbonyl (C=O) groups is 1. The number of phenols is 1. The van der Waals surface area contributed by atoms with Crippen LogP contribution in [0.25, 0.3) is 11.0 Å². The third kappa shape index (κ3) is 3.83. The fourth-order valence-corrected chi connectivity index (χ4v) is 3.89. The Balaban J connectivity index is 1.51. The molecule has 1 aliphatic rings. The second-order valence-electron chi connectivity index (χ2n) is 7.24. The Morgan fingerprint density at radius 1 is 1.17 bits per heavy atom. The van der Waals surface area contributed by atoms with Crippen LogP contribution in [0, 0.1) is 0 Å². The van der Waals surface area contributed by atoms with Crippen LogP contribution in [0.15, 0.2) is 39.9 Å². The first kappa shape index (κ1) is 19.8. The van der Waals surface area contributed by atoms with E-state index < -0.39 is 0 Å². The van der Waals surface area contributed by atoms with Crippen LogP contribution >= 0.6 is 0 Å². The number of hydrogen-bond donors (Lipinski definition) is 2. The number of hydrazone groups is 1. The molecule has 0 atom stereocenters. The number of methoxy groups -OCH3 is 2. The van der Waals surface area contributed by atoms with Gasteiger partial charge in [-0.1, -0.05) is 6.07 Å². The molecule has 1 amide bonds. The third-order valence-electron chi connectivity index (χ3n) is 5.33. The van der Waals surface area contributed by atoms with E-state index in [2.05, 4.69) is 10.5 Å². The largest absolute Gasteiger partial charge is 0.507 e. The van der Waals surface area contributed by atoms with E-state index in [0.717, 1.165) is 53.5 Å². The number of carbonyl (C=O) groups excluding carboxylic acids is 1. The maximum absolute atomic E-state index is 12.3. The average molecular weight is 408 g/mol. The van der Waals surface area contributed by atoms with Crippen LogP contribution in [-0.4, -0.2) is 31.4 Å². The molecule has 0 bridgehead atoms. The van der Waals surface area contributed by atoms with Crippen molar-refractivity contribution in [2.45, 2.75) is 32.1 Å². The highest BCUT2D eigenvalue weighted by molar-refractivity contribution is 6.03. The van der Waals surface area contributed by atoms with Crippen molar-refractivity contribution in [1.82, 2.24) is 5.43 Å². The molecule has 0 unspecified atom stereocenters. The Bertz CT molecular complexity index is 1120. The zero-order valence-electron chi connectivity index (χ0n) is 17.0. The van der Waals surface area contributed by atoms with Crippen molar-refractivity contribution >= 4 is 23.1 Å². The van der Waals surface area contributed by atoms with Crippen LogP contribution in [0.5, 0.6) is 17.2 Å². The zero-order chi connectivity index (χ0) is 21.1. The zero-order valence-corrected chi connectivity index (χ0v) is 17.0. The molecule has 30 heavy (non-hydrogen) atoms. The van der Waals surface area contributed by atoms with Crippen molar-refractivity contribution in [2.75, 3.05) is 14.2 Å². The summed E-state index contributed by atoms with van der Waals surface area (Å²) in [5, 5.41) is 15.3. The van der Waals surface area contributed by atoms with Gasteiger partial charge in [0, 0.05) is 22.9 Å². The van der Waals surface area contributed by atoms with E-state index in [0.29, 0.717) is 17.1 Å². The Morgan fingerprint density at radius 3 is 2.77 bits per heavy atom. The summed E-state index contributed by atoms with van der Waals surface area (Å²) in [6.07, 6.45) is 5.63. The van der Waals surface area contributed by atoms with Gasteiger partial charge in [-0.2, -0.15) is 5.10 Å². The number of phenolic OH excluding ortho intramolecular Hbond substituents is 1. The fourth-order valence-electron chi connectivity index (χ4n) is 3.89. The lowest BCUT2D eigenvalue weighted by Gasteiger charge is -2.10. The summed E-state index contributed by atoms with van der Waals surface area (Å²) < 4.78 is 16.4. The smallest absolute Gasteiger partial charge is 0.244 e. The number of benzene rings is 2. The Labute approximate surface area is 174 Å². The maximum atomic E-state index is 12.3. The van der Waals surface area contributed by atoms with Gasteiger partial charge in [0.2, 0.25) is 5.91 Å². The predicted molar refractivity (Wildman–Crippen MR) is 114 cm³/mol. The molecule has 0 spiro atoms. The van der Waals surface area contributed by atoms with Crippen LogP contribution < -0.4 is 14.9 Å². The van der Waals surface area contributed by atoms with Crippen molar-refractivity contribution in [3.63, 3.8) is 0 Å². The monoisotopic (exact) mass is 408 g/mol. The SMILES string of the molecule is COc1ccc(CC(=O)N/N=C\c2c(O)ccc3oc4c(c23)CCCC4)cc1OC. The number of nitrogens with one attached hydrogen (secondary N) is 1. The van der Waals surface area contributed by atoms with Crippen LogP contribution in [0.3, 0.4) is 0 Å². The summed E-state index contributed by atoms with van der Waals surface area (Å²) in [6.45, 7) is 0. The van der Waals surface area contributed by atoms with Crippen LogP contribution in [0.2, 0.25) is 0 Å². The summed E-state index contributed by atoms with van der Waals surface area (Å²) in [5.74, 6) is 1.97. The number of rotatable bonds is 6. The van der Waals surface area contributed by atoms with E-state index in [1.165, 1.54) is 6.21 Å². The molecule has 2 aromatic carbocycles. The van der Waals surface area contributed by atoms with E-state index in [4.69, 9.17) is 13.9 Å². The number of furan rings is 1. The molecule has 0 radical (unpaired) electrons. The molecule has 0 saturated heterocycles. The highest BCUT2D eigenvalue weighted by Crippen LogP contribution is 2.36. The van der Waals surface area contributed by atoms with E-state index in [9.17, 15) is 9.90 Å². The Morgan fingerprint density at radius 2 is 1.97 bits per heavy atom. The second kappa shape index (κ2) is 8.49. The average Bonchev–Trinajstić information content (AvgIpc) is 3.14. The molecule has 0 saturated carbocycles. The molecule has 7 nitrogen and oxygen atoms in total. The van der Waals surface area contributed by atoms with Crippen molar-refractivity contribution in [3.8, 4) is 17.2 Å². The normalized spacial score (nSPS) is 13.4. The van der Waals surface area contributed by atoms with Gasteiger partial charge in [-0.15, -0.1) is 0 Å². The van der Waals surface area contributed by atoms with Crippen LogP contribution in [0.1, 0.15) is 35.3 Å². The Kier molecular flexibility index (Phi) is 5.61. The standard InChI is InChI=1S/C23H24N2O5/c1-28-19-9-7-14(11-21(19)29-2)12-22(27)25-24-13-16-17(26)8-10-20-23(16)15-5-3-4-6-18(15)30-20/h7-11,13,26H,3-6,12H2,1-2H3,(H,25,27)/b24-13-. The number of ether oxygens (including phenoxy) is 2. The first-order valence-electron chi connectivity index (χ1n) is 9.89. The van der Waals surface area contributed by atoms with Gasteiger partial charge in [-0.3, -0.25) is 4.79 Å². The molecule has 2 N–H and O–H groups in total. The predicted octanol–water partition coefficient (Wildman–Crippen LogP) is 3.73. The van der Waals surface area contributed by atoms with Crippen molar-refractivity contribution in [2.24, 2.45) is 5.10 Å². The molecular weight excluding hydrogens is 384 g/mol. The van der Waals surface area contributed by atoms with Gasteiger partial charge < -0.3 is 19.0 Å². The molecule has 4 rings (SSSR count). The third-order valence-corrected chi connectivity index (χ3v) is 5.33. The summed E-state index contributed by atoms with van der Waals surface area (Å²) >= 11 is 0. The highest BCUT2D eigenvalue weighted by Gasteiger charge is 2.21. The summed E-state index contributed by atoms with van der Waals surface area (Å²) in [4.78, 5) is 12.3. The molecule has 0 fully saturated rings. The number of aromatic hydroxyl groups is 1. The van der Waals surface area contributed by atoms with E-state index >= 15 is 0 Å². The molecule has 0 aliphatic heterocycles. The number of aryl methyl sites for hydroxylation is 2. The summed E-state index contributed by atoms with van der Waals surface area (Å²) in [5.41, 5.74) is 5.72. The fraction of sp³-hybridized carbons (Fsp3) is 0.304. The van der Waals surface area contributed by atoms with Gasteiger partial charge in [-0.25, -0.2) is 5.43 Å². The topological polar surface area (TPSA) is 93.3 Å². The van der Waals surface area contributed by atoms with Crippen LogP contribution in [0.4, 0.5) is 0 Å². The number of nitrogens with zero attached hydrogens (tertiary/aromatic N) is 1. The second-order valence-corrected chi connectivity index (χ2v) is 7.24. The minimum Gasteiger partial charge on any atom is -0.507 e. The Hall–Kier alpha value is -3.48. The lowest BCUT2D eigenvalue weighted by Crippen LogP contribution is -2.19. The quantitative estimate of drug-likeness (QED) is 0.479. The number of amides is 1. The van der Waals surface area contributed by atoms with E-state index in [-0.39, 0.29) is 18.1 Å². The summed E-state index contributed by atoms with van der Waals surface area (Å²) in [6, 6.07) is 8.67. The minimum atomic E-state index is -0.278. The minimum absolute atomic E-state index is 0.106. The molecule has 3 aromatic rings. The lowest BCUT2D eigenvalue weighted by molar-refractivity contribution is -0.120. The van der Waals surface area contributed by atoms with Gasteiger partial charge in [0.1, 0.15) is 17.1 Å². The molecule has 7 heteroatoms. The number of hydrogen-bond acceptors (Lipinski definition) is 6. The molecule has 1 heterocycles. The first-order chi connectivity index (χ1) is 14.6. The van der Waals surface area contributed by atoms with Crippen molar-refractivity contribution < 1.29 is 23.8 Å². The number of fused-ring (bicyclic) bond motifs is 3. The molecule has 156 valence electrons. The van der Waals surface area contributed by atoms with E-state index in [1.54, 1.807) is 44.6 Å².